The molecule has 0 spiro atoms. The molecule has 0 bridgehead atoms. The lowest BCUT2D eigenvalue weighted by atomic mass is 10.3. The molecule has 0 amide bonds. The van der Waals surface area contributed by atoms with Gasteiger partial charge >= 0.3 is 0 Å². The summed E-state index contributed by atoms with van der Waals surface area (Å²) in [6.45, 7) is 3.87. The molecule has 0 atom stereocenters. The second-order valence-electron chi connectivity index (χ2n) is 3.59. The van der Waals surface area contributed by atoms with Crippen molar-refractivity contribution in [1.29, 1.82) is 10.5 Å². The predicted octanol–water partition coefficient (Wildman–Crippen LogP) is 2.82. The van der Waals surface area contributed by atoms with Crippen LogP contribution in [-0.4, -0.2) is 6.10 Å². The van der Waals surface area contributed by atoms with Crippen molar-refractivity contribution in [2.45, 2.75) is 20.0 Å². The maximum Gasteiger partial charge on any atom is 0.145 e. The Labute approximate surface area is 101 Å². The topological polar surface area (TPSA) is 68.8 Å². The van der Waals surface area contributed by atoms with Crippen molar-refractivity contribution in [3.05, 3.63) is 36.0 Å². The van der Waals surface area contributed by atoms with E-state index in [0.717, 1.165) is 5.69 Å². The molecule has 0 saturated carbocycles. The minimum absolute atomic E-state index is 0.0179. The molecule has 0 unspecified atom stereocenters. The number of allylic oxidation sites excluding steroid dienone is 1. The van der Waals surface area contributed by atoms with Crippen LogP contribution in [0.5, 0.6) is 5.75 Å². The van der Waals surface area contributed by atoms with Crippen molar-refractivity contribution < 1.29 is 4.74 Å². The summed E-state index contributed by atoms with van der Waals surface area (Å²) in [5.74, 6) is 0.689. The lowest BCUT2D eigenvalue weighted by molar-refractivity contribution is 0.244. The van der Waals surface area contributed by atoms with Gasteiger partial charge in [-0.05, 0) is 26.0 Å². The summed E-state index contributed by atoms with van der Waals surface area (Å²) in [6, 6.07) is 10.9. The Balaban J connectivity index is 2.89. The third kappa shape index (κ3) is 3.89. The summed E-state index contributed by atoms with van der Waals surface area (Å²) in [4.78, 5) is 0. The Morgan fingerprint density at radius 3 is 2.53 bits per heavy atom. The molecule has 0 fully saturated rings. The summed E-state index contributed by atoms with van der Waals surface area (Å²) in [5.41, 5.74) is 0.744. The second-order valence-corrected chi connectivity index (χ2v) is 3.59. The molecule has 4 nitrogen and oxygen atoms in total. The highest BCUT2D eigenvalue weighted by Gasteiger charge is 2.03. The summed E-state index contributed by atoms with van der Waals surface area (Å²) < 4.78 is 5.59. The van der Waals surface area contributed by atoms with Gasteiger partial charge in [-0.2, -0.15) is 10.5 Å². The average molecular weight is 227 g/mol. The van der Waals surface area contributed by atoms with Gasteiger partial charge in [0.25, 0.3) is 0 Å². The molecule has 1 rings (SSSR count). The largest absolute Gasteiger partial charge is 0.489 e. The fraction of sp³-hybridized carbons (Fsp3) is 0.231. The number of benzene rings is 1. The smallest absolute Gasteiger partial charge is 0.145 e. The van der Waals surface area contributed by atoms with Crippen LogP contribution in [0.15, 0.2) is 36.0 Å². The normalized spacial score (nSPS) is 9.00. The van der Waals surface area contributed by atoms with Gasteiger partial charge in [-0.3, -0.25) is 0 Å². The Morgan fingerprint density at radius 2 is 1.94 bits per heavy atom. The van der Waals surface area contributed by atoms with E-state index < -0.39 is 0 Å². The lowest BCUT2D eigenvalue weighted by Crippen LogP contribution is -2.07. The van der Waals surface area contributed by atoms with Gasteiger partial charge < -0.3 is 10.1 Å². The highest BCUT2D eigenvalue weighted by Crippen LogP contribution is 2.24. The van der Waals surface area contributed by atoms with Crippen molar-refractivity contribution in [1.82, 2.24) is 0 Å². The van der Waals surface area contributed by atoms with E-state index in [0.29, 0.717) is 5.75 Å². The van der Waals surface area contributed by atoms with Crippen molar-refractivity contribution >= 4 is 5.69 Å². The van der Waals surface area contributed by atoms with Crippen LogP contribution in [0.1, 0.15) is 13.8 Å². The van der Waals surface area contributed by atoms with Crippen LogP contribution >= 0.6 is 0 Å². The number of nitriles is 2. The van der Waals surface area contributed by atoms with Crippen molar-refractivity contribution in [2.75, 3.05) is 5.32 Å². The van der Waals surface area contributed by atoms with E-state index >= 15 is 0 Å². The molecule has 0 radical (unpaired) electrons. The van der Waals surface area contributed by atoms with Gasteiger partial charge in [0.05, 0.1) is 11.8 Å². The second kappa shape index (κ2) is 6.19. The van der Waals surface area contributed by atoms with Gasteiger partial charge in [-0.25, -0.2) is 0 Å². The minimum atomic E-state index is 0.0179. The van der Waals surface area contributed by atoms with Crippen molar-refractivity contribution in [3.63, 3.8) is 0 Å². The highest BCUT2D eigenvalue weighted by molar-refractivity contribution is 5.59. The van der Waals surface area contributed by atoms with E-state index in [4.69, 9.17) is 15.3 Å². The Kier molecular flexibility index (Phi) is 4.59. The molecule has 1 aromatic carbocycles. The fourth-order valence-electron chi connectivity index (χ4n) is 1.18. The van der Waals surface area contributed by atoms with Crippen LogP contribution < -0.4 is 10.1 Å². The highest BCUT2D eigenvalue weighted by atomic mass is 16.5. The zero-order valence-corrected chi connectivity index (χ0v) is 9.77. The maximum atomic E-state index is 8.61. The van der Waals surface area contributed by atoms with Crippen LogP contribution in [-0.2, 0) is 0 Å². The average Bonchev–Trinajstić information content (AvgIpc) is 2.31. The first kappa shape index (κ1) is 12.6. The van der Waals surface area contributed by atoms with E-state index in [2.05, 4.69) is 5.32 Å². The van der Waals surface area contributed by atoms with Crippen LogP contribution in [0.3, 0.4) is 0 Å². The van der Waals surface area contributed by atoms with Gasteiger partial charge in [0.15, 0.2) is 0 Å². The Hall–Kier alpha value is -2.46. The molecular weight excluding hydrogens is 214 g/mol. The first-order valence-corrected chi connectivity index (χ1v) is 5.20. The molecule has 0 aliphatic rings. The molecule has 1 aromatic rings. The number of rotatable bonds is 4. The molecule has 0 heterocycles. The molecular formula is C13H13N3O. The number of nitrogens with zero attached hydrogens (tertiary/aromatic N) is 2. The zero-order valence-electron chi connectivity index (χ0n) is 9.77. The van der Waals surface area contributed by atoms with Gasteiger partial charge in [-0.15, -0.1) is 0 Å². The maximum absolute atomic E-state index is 8.61. The van der Waals surface area contributed by atoms with E-state index in [1.54, 1.807) is 12.1 Å². The molecule has 1 N–H and O–H groups in total. The Morgan fingerprint density at radius 1 is 1.29 bits per heavy atom. The van der Waals surface area contributed by atoms with Gasteiger partial charge in [0.2, 0.25) is 0 Å². The van der Waals surface area contributed by atoms with Crippen LogP contribution in [0, 0.1) is 22.7 Å². The first-order chi connectivity index (χ1) is 8.17. The number of ether oxygens (including phenoxy) is 1. The number of hydrogen-bond donors (Lipinski definition) is 1. The monoisotopic (exact) mass is 227 g/mol. The van der Waals surface area contributed by atoms with Crippen LogP contribution in [0.2, 0.25) is 0 Å². The third-order valence-electron chi connectivity index (χ3n) is 1.86. The van der Waals surface area contributed by atoms with Crippen LogP contribution in [0.4, 0.5) is 5.69 Å². The molecule has 0 aliphatic heterocycles. The van der Waals surface area contributed by atoms with Crippen molar-refractivity contribution in [2.24, 2.45) is 0 Å². The predicted molar refractivity (Wildman–Crippen MR) is 65.1 cm³/mol. The van der Waals surface area contributed by atoms with E-state index in [-0.39, 0.29) is 11.7 Å². The standard InChI is InChI=1S/C13H13N3O/c1-10(2)17-13-6-4-3-5-12(13)16-9-11(7-14)8-15/h3-6,9-10,16H,1-2H3. The molecule has 0 aromatic heterocycles. The SMILES string of the molecule is CC(C)Oc1ccccc1NC=C(C#N)C#N. The van der Waals surface area contributed by atoms with Gasteiger partial charge in [0.1, 0.15) is 23.5 Å². The zero-order chi connectivity index (χ0) is 12.7. The van der Waals surface area contributed by atoms with Gasteiger partial charge in [-0.1, -0.05) is 12.1 Å². The summed E-state index contributed by atoms with van der Waals surface area (Å²) in [5, 5.41) is 20.1. The number of nitrogens with one attached hydrogen (secondary N) is 1. The number of para-hydroxylation sites is 2. The summed E-state index contributed by atoms with van der Waals surface area (Å²) >= 11 is 0. The summed E-state index contributed by atoms with van der Waals surface area (Å²) in [6.07, 6.45) is 1.43. The van der Waals surface area contributed by atoms with Gasteiger partial charge in [0, 0.05) is 6.20 Å². The Bertz CT molecular complexity index is 476. The molecule has 86 valence electrons. The van der Waals surface area contributed by atoms with E-state index in [9.17, 15) is 0 Å². The molecule has 0 saturated heterocycles. The fourth-order valence-corrected chi connectivity index (χ4v) is 1.18. The minimum Gasteiger partial charge on any atom is -0.489 e. The molecule has 0 aliphatic carbocycles. The number of hydrogen-bond acceptors (Lipinski definition) is 4. The summed E-state index contributed by atoms with van der Waals surface area (Å²) in [7, 11) is 0. The van der Waals surface area contributed by atoms with Crippen molar-refractivity contribution in [3.8, 4) is 17.9 Å². The third-order valence-corrected chi connectivity index (χ3v) is 1.86. The molecule has 17 heavy (non-hydrogen) atoms. The quantitative estimate of drug-likeness (QED) is 0.803. The van der Waals surface area contributed by atoms with E-state index in [1.807, 2.05) is 38.1 Å². The number of anilines is 1. The molecule has 4 heteroatoms. The van der Waals surface area contributed by atoms with E-state index in [1.165, 1.54) is 6.20 Å². The first-order valence-electron chi connectivity index (χ1n) is 5.20. The lowest BCUT2D eigenvalue weighted by Gasteiger charge is -2.13. The van der Waals surface area contributed by atoms with Crippen LogP contribution in [0.25, 0.3) is 0 Å².